The molecule has 4 amide bonds. The average molecular weight is 333 g/mol. The molecule has 0 aliphatic carbocycles. The Kier molecular flexibility index (Phi) is 4.78. The molecule has 2 saturated heterocycles. The first-order chi connectivity index (χ1) is 11.5. The number of likely N-dealkylation sites (tertiary alicyclic amines) is 1. The number of hydrogen-bond acceptors (Lipinski definition) is 3. The van der Waals surface area contributed by atoms with Crippen LogP contribution in [0.3, 0.4) is 0 Å². The number of hydrogen-bond donors (Lipinski definition) is 2. The molecule has 3 rings (SSSR count). The quantitative estimate of drug-likeness (QED) is 0.813. The smallest absolute Gasteiger partial charge is 0.322 e. The zero-order valence-corrected chi connectivity index (χ0v) is 13.3. The number of nitrogens with one attached hydrogen (secondary N) is 2. The lowest BCUT2D eigenvalue weighted by Crippen LogP contribution is -2.42. The van der Waals surface area contributed by atoms with Crippen LogP contribution in [0.4, 0.5) is 9.18 Å². The second kappa shape index (κ2) is 6.98. The molecule has 1 aromatic carbocycles. The number of halogens is 1. The molecule has 0 aromatic heterocycles. The standard InChI is InChI=1S/C17H20FN3O3/c18-13-3-1-11(2-4-13)9-12-5-7-21(8-6-12)15(22)10-14-16(23)20-17(24)19-14/h1-4,12,14H,5-10H2,(H2,19,20,23,24). The van der Waals surface area contributed by atoms with Gasteiger partial charge in [0.25, 0.3) is 5.91 Å². The molecule has 0 spiro atoms. The maximum Gasteiger partial charge on any atom is 0.322 e. The molecule has 128 valence electrons. The minimum atomic E-state index is -0.762. The molecule has 2 fully saturated rings. The number of carbonyl (C=O) groups excluding carboxylic acids is 3. The van der Waals surface area contributed by atoms with Gasteiger partial charge < -0.3 is 10.2 Å². The average Bonchev–Trinajstić information content (AvgIpc) is 2.88. The second-order valence-electron chi connectivity index (χ2n) is 6.37. The van der Waals surface area contributed by atoms with Crippen LogP contribution in [-0.2, 0) is 16.0 Å². The number of imide groups is 1. The predicted octanol–water partition coefficient (Wildman–Crippen LogP) is 1.20. The summed E-state index contributed by atoms with van der Waals surface area (Å²) in [7, 11) is 0. The summed E-state index contributed by atoms with van der Waals surface area (Å²) in [6, 6.07) is 5.23. The molecule has 0 radical (unpaired) electrons. The fraction of sp³-hybridized carbons (Fsp3) is 0.471. The third-order valence-corrected chi connectivity index (χ3v) is 4.64. The van der Waals surface area contributed by atoms with Crippen molar-refractivity contribution in [3.05, 3.63) is 35.6 Å². The Morgan fingerprint density at radius 2 is 1.83 bits per heavy atom. The summed E-state index contributed by atoms with van der Waals surface area (Å²) in [6.45, 7) is 1.29. The van der Waals surface area contributed by atoms with Crippen LogP contribution in [0.15, 0.2) is 24.3 Å². The van der Waals surface area contributed by atoms with Crippen molar-refractivity contribution >= 4 is 17.8 Å². The first kappa shape index (κ1) is 16.4. The van der Waals surface area contributed by atoms with Crippen molar-refractivity contribution in [3.8, 4) is 0 Å². The van der Waals surface area contributed by atoms with Gasteiger partial charge in [-0.2, -0.15) is 0 Å². The van der Waals surface area contributed by atoms with Gasteiger partial charge in [-0.25, -0.2) is 9.18 Å². The molecule has 2 heterocycles. The lowest BCUT2D eigenvalue weighted by Gasteiger charge is -2.32. The van der Waals surface area contributed by atoms with Crippen molar-refractivity contribution in [2.75, 3.05) is 13.1 Å². The van der Waals surface area contributed by atoms with Gasteiger partial charge in [0.05, 0.1) is 6.42 Å². The zero-order valence-electron chi connectivity index (χ0n) is 13.3. The van der Waals surface area contributed by atoms with Gasteiger partial charge in [0, 0.05) is 13.1 Å². The van der Waals surface area contributed by atoms with Gasteiger partial charge in [0.15, 0.2) is 0 Å². The molecular weight excluding hydrogens is 313 g/mol. The fourth-order valence-electron chi connectivity index (χ4n) is 3.25. The first-order valence-corrected chi connectivity index (χ1v) is 8.15. The van der Waals surface area contributed by atoms with E-state index in [-0.39, 0.29) is 18.1 Å². The van der Waals surface area contributed by atoms with Crippen LogP contribution in [0.2, 0.25) is 0 Å². The maximum absolute atomic E-state index is 12.9. The summed E-state index contributed by atoms with van der Waals surface area (Å²) in [6.07, 6.45) is 2.64. The van der Waals surface area contributed by atoms with Gasteiger partial charge in [-0.15, -0.1) is 0 Å². The lowest BCUT2D eigenvalue weighted by molar-refractivity contribution is -0.135. The van der Waals surface area contributed by atoms with Crippen molar-refractivity contribution in [2.45, 2.75) is 31.7 Å². The van der Waals surface area contributed by atoms with Gasteiger partial charge in [-0.05, 0) is 42.9 Å². The third kappa shape index (κ3) is 3.90. The van der Waals surface area contributed by atoms with Gasteiger partial charge in [-0.1, -0.05) is 12.1 Å². The van der Waals surface area contributed by atoms with Crippen LogP contribution in [0.25, 0.3) is 0 Å². The predicted molar refractivity (Wildman–Crippen MR) is 84.5 cm³/mol. The molecule has 2 N–H and O–H groups in total. The van der Waals surface area contributed by atoms with Crippen LogP contribution in [-0.4, -0.2) is 41.9 Å². The fourth-order valence-corrected chi connectivity index (χ4v) is 3.25. The Hall–Kier alpha value is -2.44. The molecule has 0 bridgehead atoms. The first-order valence-electron chi connectivity index (χ1n) is 8.15. The molecule has 2 aliphatic heterocycles. The van der Waals surface area contributed by atoms with E-state index >= 15 is 0 Å². The van der Waals surface area contributed by atoms with Crippen LogP contribution in [0.5, 0.6) is 0 Å². The van der Waals surface area contributed by atoms with Gasteiger partial charge in [-0.3, -0.25) is 14.9 Å². The maximum atomic E-state index is 12.9. The number of piperidine rings is 1. The second-order valence-corrected chi connectivity index (χ2v) is 6.37. The third-order valence-electron chi connectivity index (χ3n) is 4.64. The molecule has 1 atom stereocenters. The highest BCUT2D eigenvalue weighted by atomic mass is 19.1. The van der Waals surface area contributed by atoms with Crippen molar-refractivity contribution in [3.63, 3.8) is 0 Å². The van der Waals surface area contributed by atoms with Gasteiger partial charge >= 0.3 is 6.03 Å². The highest BCUT2D eigenvalue weighted by Gasteiger charge is 2.33. The molecule has 6 nitrogen and oxygen atoms in total. The van der Waals surface area contributed by atoms with Crippen molar-refractivity contribution in [1.29, 1.82) is 0 Å². The van der Waals surface area contributed by atoms with Crippen LogP contribution >= 0.6 is 0 Å². The summed E-state index contributed by atoms with van der Waals surface area (Å²) >= 11 is 0. The zero-order chi connectivity index (χ0) is 17.1. The molecule has 24 heavy (non-hydrogen) atoms. The van der Waals surface area contributed by atoms with E-state index in [1.54, 1.807) is 17.0 Å². The van der Waals surface area contributed by atoms with Crippen molar-refractivity contribution in [1.82, 2.24) is 15.5 Å². The number of carbonyl (C=O) groups is 3. The van der Waals surface area contributed by atoms with Crippen molar-refractivity contribution < 1.29 is 18.8 Å². The van der Waals surface area contributed by atoms with Gasteiger partial charge in [0.2, 0.25) is 5.91 Å². The van der Waals surface area contributed by atoms with Crippen molar-refractivity contribution in [2.24, 2.45) is 5.92 Å². The van der Waals surface area contributed by atoms with E-state index in [0.717, 1.165) is 24.8 Å². The summed E-state index contributed by atoms with van der Waals surface area (Å²) in [5.74, 6) is -0.326. The Morgan fingerprint density at radius 3 is 2.42 bits per heavy atom. The van der Waals surface area contributed by atoms with E-state index in [2.05, 4.69) is 10.6 Å². The van der Waals surface area contributed by atoms with E-state index in [1.807, 2.05) is 0 Å². The van der Waals surface area contributed by atoms with Crippen LogP contribution in [0.1, 0.15) is 24.8 Å². The molecule has 0 saturated carbocycles. The van der Waals surface area contributed by atoms with E-state index in [4.69, 9.17) is 0 Å². The number of amides is 4. The minimum Gasteiger partial charge on any atom is -0.343 e. The number of rotatable bonds is 4. The summed E-state index contributed by atoms with van der Waals surface area (Å²) in [5.41, 5.74) is 1.10. The van der Waals surface area contributed by atoms with E-state index < -0.39 is 18.0 Å². The minimum absolute atomic E-state index is 0.000201. The highest BCUT2D eigenvalue weighted by molar-refractivity contribution is 6.05. The number of nitrogens with zero attached hydrogens (tertiary/aromatic N) is 1. The highest BCUT2D eigenvalue weighted by Crippen LogP contribution is 2.22. The largest absolute Gasteiger partial charge is 0.343 e. The molecule has 7 heteroatoms. The Labute approximate surface area is 139 Å². The van der Waals surface area contributed by atoms with Crippen LogP contribution in [0, 0.1) is 11.7 Å². The Bertz CT molecular complexity index is 639. The van der Waals surface area contributed by atoms with E-state index in [0.29, 0.717) is 19.0 Å². The topological polar surface area (TPSA) is 78.5 Å². The summed E-state index contributed by atoms with van der Waals surface area (Å²) in [4.78, 5) is 36.6. The number of urea groups is 1. The molecule has 2 aliphatic rings. The Balaban J connectivity index is 1.46. The SMILES string of the molecule is O=C1NC(=O)C(CC(=O)N2CCC(Cc3ccc(F)cc3)CC2)N1. The Morgan fingerprint density at radius 1 is 1.17 bits per heavy atom. The normalized spacial score (nSPS) is 21.5. The molecule has 1 unspecified atom stereocenters. The number of benzene rings is 1. The van der Waals surface area contributed by atoms with E-state index in [1.165, 1.54) is 12.1 Å². The van der Waals surface area contributed by atoms with Crippen LogP contribution < -0.4 is 10.6 Å². The molecular formula is C17H20FN3O3. The van der Waals surface area contributed by atoms with Gasteiger partial charge in [0.1, 0.15) is 11.9 Å². The van der Waals surface area contributed by atoms with E-state index in [9.17, 15) is 18.8 Å². The summed E-state index contributed by atoms with van der Waals surface area (Å²) in [5, 5.41) is 4.57. The molecule has 1 aromatic rings. The lowest BCUT2D eigenvalue weighted by atomic mass is 9.90. The monoisotopic (exact) mass is 333 g/mol. The summed E-state index contributed by atoms with van der Waals surface area (Å²) < 4.78 is 12.9.